The molecule has 0 aliphatic carbocycles. The summed E-state index contributed by atoms with van der Waals surface area (Å²) in [5, 5.41) is 11.4. The quantitative estimate of drug-likeness (QED) is 0.716. The zero-order valence-corrected chi connectivity index (χ0v) is 17.0. The van der Waals surface area contributed by atoms with E-state index >= 15 is 0 Å². The molecule has 3 rings (SSSR count). The van der Waals surface area contributed by atoms with Crippen molar-refractivity contribution in [2.45, 2.75) is 19.9 Å². The predicted molar refractivity (Wildman–Crippen MR) is 105 cm³/mol. The predicted octanol–water partition coefficient (Wildman–Crippen LogP) is 2.99. The third-order valence-corrected chi connectivity index (χ3v) is 5.70. The van der Waals surface area contributed by atoms with Crippen molar-refractivity contribution in [2.24, 2.45) is 0 Å². The number of thiazole rings is 1. The molecule has 1 aromatic heterocycles. The topological polar surface area (TPSA) is 89.0 Å². The summed E-state index contributed by atoms with van der Waals surface area (Å²) in [4.78, 5) is 32.3. The number of para-hydroxylation sites is 1. The monoisotopic (exact) mass is 402 g/mol. The first kappa shape index (κ1) is 20.0. The number of aliphatic hydroxyl groups is 1. The molecule has 0 spiro atoms. The molecule has 8 heteroatoms. The van der Waals surface area contributed by atoms with Crippen molar-refractivity contribution >= 4 is 23.0 Å². The van der Waals surface area contributed by atoms with Crippen LogP contribution in [0.15, 0.2) is 35.6 Å². The minimum atomic E-state index is -0.770. The van der Waals surface area contributed by atoms with Crippen LogP contribution in [0.4, 0.5) is 0 Å². The van der Waals surface area contributed by atoms with E-state index in [0.717, 1.165) is 5.01 Å². The Balaban J connectivity index is 2.15. The average molecular weight is 402 g/mol. The number of amides is 1. The van der Waals surface area contributed by atoms with Gasteiger partial charge in [-0.25, -0.2) is 4.98 Å². The highest BCUT2D eigenvalue weighted by atomic mass is 32.1. The molecule has 7 nitrogen and oxygen atoms in total. The van der Waals surface area contributed by atoms with Gasteiger partial charge < -0.3 is 19.5 Å². The van der Waals surface area contributed by atoms with Crippen molar-refractivity contribution < 1.29 is 24.2 Å². The summed E-state index contributed by atoms with van der Waals surface area (Å²) in [6.45, 7) is 4.04. The lowest BCUT2D eigenvalue weighted by Gasteiger charge is -2.27. The average Bonchev–Trinajstić information content (AvgIpc) is 3.15. The highest BCUT2D eigenvalue weighted by Gasteiger charge is 2.45. The Morgan fingerprint density at radius 1 is 1.29 bits per heavy atom. The Labute approximate surface area is 167 Å². The van der Waals surface area contributed by atoms with Crippen LogP contribution in [0.25, 0.3) is 0 Å². The number of carbonyl (C=O) groups is 2. The van der Waals surface area contributed by atoms with E-state index < -0.39 is 23.5 Å². The summed E-state index contributed by atoms with van der Waals surface area (Å²) in [5.74, 6) is -1.01. The highest BCUT2D eigenvalue weighted by Crippen LogP contribution is 2.42. The Bertz CT molecular complexity index is 950. The van der Waals surface area contributed by atoms with Gasteiger partial charge in [0.1, 0.15) is 5.75 Å². The van der Waals surface area contributed by atoms with Gasteiger partial charge in [-0.3, -0.25) is 9.59 Å². The Morgan fingerprint density at radius 2 is 2.00 bits per heavy atom. The number of aromatic nitrogens is 1. The molecule has 1 N–H and O–H groups in total. The number of aryl methyl sites for hydroxylation is 2. The van der Waals surface area contributed by atoms with Crippen LogP contribution < -0.4 is 4.74 Å². The van der Waals surface area contributed by atoms with Crippen molar-refractivity contribution in [1.29, 1.82) is 0 Å². The van der Waals surface area contributed by atoms with Gasteiger partial charge in [0.15, 0.2) is 5.76 Å². The van der Waals surface area contributed by atoms with E-state index in [4.69, 9.17) is 9.47 Å². The zero-order valence-electron chi connectivity index (χ0n) is 16.2. The van der Waals surface area contributed by atoms with Gasteiger partial charge in [0.2, 0.25) is 5.78 Å². The van der Waals surface area contributed by atoms with Gasteiger partial charge in [-0.1, -0.05) is 18.2 Å². The summed E-state index contributed by atoms with van der Waals surface area (Å²) >= 11 is 1.25. The molecule has 1 aliphatic rings. The van der Waals surface area contributed by atoms with Crippen molar-refractivity contribution in [3.05, 3.63) is 56.7 Å². The number of carbonyl (C=O) groups excluding carboxylic acids is 2. The summed E-state index contributed by atoms with van der Waals surface area (Å²) in [6, 6.07) is 6.38. The fraction of sp³-hybridized carbons (Fsp3) is 0.350. The lowest BCUT2D eigenvalue weighted by Crippen LogP contribution is -2.34. The van der Waals surface area contributed by atoms with Gasteiger partial charge in [-0.2, -0.15) is 0 Å². The molecule has 2 heterocycles. The number of ether oxygens (including phenoxy) is 2. The molecule has 1 aliphatic heterocycles. The summed E-state index contributed by atoms with van der Waals surface area (Å²) in [5.41, 5.74) is 1.24. The maximum Gasteiger partial charge on any atom is 0.290 e. The fourth-order valence-corrected chi connectivity index (χ4v) is 4.26. The Morgan fingerprint density at radius 3 is 2.61 bits per heavy atom. The minimum Gasteiger partial charge on any atom is -0.503 e. The van der Waals surface area contributed by atoms with E-state index in [1.807, 2.05) is 6.92 Å². The van der Waals surface area contributed by atoms with Gasteiger partial charge in [-0.05, 0) is 19.9 Å². The number of hydrogen-bond donors (Lipinski definition) is 1. The molecular formula is C20H22N2O5S. The van der Waals surface area contributed by atoms with Crippen LogP contribution >= 0.6 is 11.3 Å². The molecule has 0 bridgehead atoms. The second kappa shape index (κ2) is 8.12. The van der Waals surface area contributed by atoms with Crippen LogP contribution in [0, 0.1) is 13.8 Å². The van der Waals surface area contributed by atoms with Crippen LogP contribution in [-0.2, 0) is 9.53 Å². The SMILES string of the molecule is COCCN1C(=O)C(O)=C(C(=O)c2sc(C)nc2C)C1c1ccccc1OC. The van der Waals surface area contributed by atoms with Crippen LogP contribution in [-0.4, -0.2) is 54.1 Å². The van der Waals surface area contributed by atoms with Crippen molar-refractivity contribution in [2.75, 3.05) is 27.4 Å². The maximum absolute atomic E-state index is 13.3. The van der Waals surface area contributed by atoms with Crippen LogP contribution in [0.5, 0.6) is 5.75 Å². The van der Waals surface area contributed by atoms with Crippen molar-refractivity contribution in [3.8, 4) is 5.75 Å². The summed E-state index contributed by atoms with van der Waals surface area (Å²) in [6.07, 6.45) is 0. The van der Waals surface area contributed by atoms with E-state index in [1.165, 1.54) is 30.5 Å². The van der Waals surface area contributed by atoms with E-state index in [2.05, 4.69) is 4.98 Å². The largest absolute Gasteiger partial charge is 0.503 e. The normalized spacial score (nSPS) is 16.8. The standard InChI is InChI=1S/C20H22N2O5S/c1-11-19(28-12(2)21-11)17(23)15-16(13-7-5-6-8-14(13)27-4)22(9-10-26-3)20(25)18(15)24/h5-8,16,24H,9-10H2,1-4H3. The van der Waals surface area contributed by atoms with Gasteiger partial charge in [0.25, 0.3) is 5.91 Å². The number of hydrogen-bond acceptors (Lipinski definition) is 7. The van der Waals surface area contributed by atoms with Gasteiger partial charge in [0.05, 0.1) is 40.9 Å². The third-order valence-electron chi connectivity index (χ3n) is 4.63. The number of ketones is 1. The van der Waals surface area contributed by atoms with E-state index in [1.54, 1.807) is 31.2 Å². The second-order valence-corrected chi connectivity index (χ2v) is 7.58. The molecule has 0 saturated heterocycles. The fourth-order valence-electron chi connectivity index (χ4n) is 3.39. The molecule has 0 saturated carbocycles. The Hall–Kier alpha value is -2.71. The van der Waals surface area contributed by atoms with Gasteiger partial charge >= 0.3 is 0 Å². The molecule has 1 amide bonds. The van der Waals surface area contributed by atoms with Crippen LogP contribution in [0.1, 0.15) is 32.0 Å². The van der Waals surface area contributed by atoms with Gasteiger partial charge in [0, 0.05) is 19.2 Å². The highest BCUT2D eigenvalue weighted by molar-refractivity contribution is 7.14. The van der Waals surface area contributed by atoms with Crippen LogP contribution in [0.2, 0.25) is 0 Å². The first-order valence-electron chi connectivity index (χ1n) is 8.75. The Kier molecular flexibility index (Phi) is 5.81. The summed E-state index contributed by atoms with van der Waals surface area (Å²) < 4.78 is 10.6. The van der Waals surface area contributed by atoms with Crippen molar-refractivity contribution in [3.63, 3.8) is 0 Å². The molecule has 2 aromatic rings. The van der Waals surface area contributed by atoms with E-state index in [0.29, 0.717) is 21.9 Å². The van der Waals surface area contributed by atoms with E-state index in [9.17, 15) is 14.7 Å². The molecule has 1 unspecified atom stereocenters. The van der Waals surface area contributed by atoms with Crippen molar-refractivity contribution in [1.82, 2.24) is 9.88 Å². The maximum atomic E-state index is 13.3. The smallest absolute Gasteiger partial charge is 0.290 e. The zero-order chi connectivity index (χ0) is 20.4. The first-order chi connectivity index (χ1) is 13.4. The number of benzene rings is 1. The lowest BCUT2D eigenvalue weighted by molar-refractivity contribution is -0.130. The number of methoxy groups -OCH3 is 2. The summed E-state index contributed by atoms with van der Waals surface area (Å²) in [7, 11) is 3.05. The number of Topliss-reactive ketones (excluding diaryl/α,β-unsaturated/α-hetero) is 1. The third kappa shape index (κ3) is 3.41. The molecule has 0 fully saturated rings. The second-order valence-electron chi connectivity index (χ2n) is 6.37. The van der Waals surface area contributed by atoms with E-state index in [-0.39, 0.29) is 18.7 Å². The lowest BCUT2D eigenvalue weighted by atomic mass is 9.94. The number of aliphatic hydroxyl groups excluding tert-OH is 1. The molecule has 1 aromatic carbocycles. The van der Waals surface area contributed by atoms with Crippen LogP contribution in [0.3, 0.4) is 0 Å². The molecule has 28 heavy (non-hydrogen) atoms. The minimum absolute atomic E-state index is 0.0392. The number of nitrogens with zero attached hydrogens (tertiary/aromatic N) is 2. The molecular weight excluding hydrogens is 380 g/mol. The molecule has 0 radical (unpaired) electrons. The first-order valence-corrected chi connectivity index (χ1v) is 9.57. The number of rotatable bonds is 7. The molecule has 148 valence electrons. The molecule has 1 atom stereocenters. The van der Waals surface area contributed by atoms with Gasteiger partial charge in [-0.15, -0.1) is 11.3 Å².